The van der Waals surface area contributed by atoms with Crippen molar-refractivity contribution >= 4 is 33.9 Å². The van der Waals surface area contributed by atoms with E-state index in [4.69, 9.17) is 4.42 Å². The van der Waals surface area contributed by atoms with Crippen molar-refractivity contribution in [2.45, 2.75) is 4.90 Å². The summed E-state index contributed by atoms with van der Waals surface area (Å²) in [6, 6.07) is 12.0. The van der Waals surface area contributed by atoms with E-state index in [1.54, 1.807) is 29.4 Å². The number of aromatic nitrogens is 1. The molecule has 0 saturated heterocycles. The minimum atomic E-state index is 0.794. The zero-order chi connectivity index (χ0) is 13.1. The van der Waals surface area contributed by atoms with Gasteiger partial charge in [-0.2, -0.15) is 0 Å². The third-order valence-corrected chi connectivity index (χ3v) is 4.08. The lowest BCUT2D eigenvalue weighted by atomic mass is 10.3. The second-order valence-electron chi connectivity index (χ2n) is 3.87. The molecule has 3 aromatic rings. The summed E-state index contributed by atoms with van der Waals surface area (Å²) in [5.74, 6) is 0.794. The Balaban J connectivity index is 1.80. The molecule has 0 atom stereocenters. The van der Waals surface area contributed by atoms with Crippen LogP contribution in [0.3, 0.4) is 0 Å². The number of thioether (sulfide) groups is 1. The molecule has 1 N–H and O–H groups in total. The van der Waals surface area contributed by atoms with Crippen LogP contribution >= 0.6 is 23.1 Å². The zero-order valence-corrected chi connectivity index (χ0v) is 11.9. The second kappa shape index (κ2) is 5.50. The molecule has 0 radical (unpaired) electrons. The number of hydrogen-bond donors (Lipinski definition) is 1. The third kappa shape index (κ3) is 2.83. The SMILES string of the molecule is CSc1cccc(Nc2nc(-c3ccco3)cs2)c1. The van der Waals surface area contributed by atoms with Crippen LogP contribution in [-0.4, -0.2) is 11.2 Å². The Morgan fingerprint density at radius 2 is 2.21 bits per heavy atom. The molecule has 0 spiro atoms. The van der Waals surface area contributed by atoms with Gasteiger partial charge < -0.3 is 9.73 Å². The summed E-state index contributed by atoms with van der Waals surface area (Å²) >= 11 is 3.29. The molecule has 0 amide bonds. The summed E-state index contributed by atoms with van der Waals surface area (Å²) in [7, 11) is 0. The Morgan fingerprint density at radius 1 is 1.26 bits per heavy atom. The average Bonchev–Trinajstić information content (AvgIpc) is 3.09. The van der Waals surface area contributed by atoms with Gasteiger partial charge in [-0.1, -0.05) is 6.07 Å². The number of nitrogens with one attached hydrogen (secondary N) is 1. The number of anilines is 2. The molecule has 3 rings (SSSR count). The Labute approximate surface area is 119 Å². The number of thiazole rings is 1. The van der Waals surface area contributed by atoms with Crippen LogP contribution in [0.1, 0.15) is 0 Å². The summed E-state index contributed by atoms with van der Waals surface area (Å²) in [5, 5.41) is 6.16. The van der Waals surface area contributed by atoms with Crippen molar-refractivity contribution in [3.05, 3.63) is 48.0 Å². The summed E-state index contributed by atoms with van der Waals surface area (Å²) in [6.07, 6.45) is 3.72. The molecule has 0 bridgehead atoms. The first-order valence-corrected chi connectivity index (χ1v) is 7.86. The highest BCUT2D eigenvalue weighted by Gasteiger charge is 2.06. The number of hydrogen-bond acceptors (Lipinski definition) is 5. The molecule has 0 saturated carbocycles. The van der Waals surface area contributed by atoms with Crippen LogP contribution in [0.15, 0.2) is 57.4 Å². The zero-order valence-electron chi connectivity index (χ0n) is 10.3. The first kappa shape index (κ1) is 12.3. The van der Waals surface area contributed by atoms with Crippen molar-refractivity contribution < 1.29 is 4.42 Å². The van der Waals surface area contributed by atoms with Crippen LogP contribution in [0.4, 0.5) is 10.8 Å². The summed E-state index contributed by atoms with van der Waals surface area (Å²) < 4.78 is 5.33. The van der Waals surface area contributed by atoms with E-state index in [1.165, 1.54) is 4.90 Å². The van der Waals surface area contributed by atoms with Crippen molar-refractivity contribution in [3.63, 3.8) is 0 Å². The lowest BCUT2D eigenvalue weighted by molar-refractivity contribution is 0.580. The van der Waals surface area contributed by atoms with Crippen LogP contribution in [0.25, 0.3) is 11.5 Å². The molecule has 3 nitrogen and oxygen atoms in total. The van der Waals surface area contributed by atoms with Gasteiger partial charge in [0.2, 0.25) is 0 Å². The fraction of sp³-hybridized carbons (Fsp3) is 0.0714. The van der Waals surface area contributed by atoms with E-state index < -0.39 is 0 Å². The predicted octanol–water partition coefficient (Wildman–Crippen LogP) is 4.87. The van der Waals surface area contributed by atoms with Crippen LogP contribution in [0.2, 0.25) is 0 Å². The quantitative estimate of drug-likeness (QED) is 0.695. The van der Waals surface area contributed by atoms with Crippen LogP contribution in [-0.2, 0) is 0 Å². The maximum atomic E-state index is 5.33. The van der Waals surface area contributed by atoms with E-state index >= 15 is 0 Å². The molecule has 19 heavy (non-hydrogen) atoms. The van der Waals surface area contributed by atoms with Crippen LogP contribution in [0.5, 0.6) is 0 Å². The Bertz CT molecular complexity index is 662. The molecule has 96 valence electrons. The van der Waals surface area contributed by atoms with Gasteiger partial charge in [0.25, 0.3) is 0 Å². The molecule has 0 aliphatic carbocycles. The first-order chi connectivity index (χ1) is 9.35. The lowest BCUT2D eigenvalue weighted by Crippen LogP contribution is -1.89. The first-order valence-electron chi connectivity index (χ1n) is 5.75. The fourth-order valence-corrected chi connectivity index (χ4v) is 2.87. The van der Waals surface area contributed by atoms with Crippen molar-refractivity contribution in [1.82, 2.24) is 4.98 Å². The molecule has 2 aromatic heterocycles. The van der Waals surface area contributed by atoms with Gasteiger partial charge in [0.1, 0.15) is 5.69 Å². The highest BCUT2D eigenvalue weighted by Crippen LogP contribution is 2.28. The molecular formula is C14H12N2OS2. The summed E-state index contributed by atoms with van der Waals surface area (Å²) in [5.41, 5.74) is 1.91. The van der Waals surface area contributed by atoms with E-state index in [2.05, 4.69) is 28.7 Å². The summed E-state index contributed by atoms with van der Waals surface area (Å²) in [4.78, 5) is 5.74. The normalized spacial score (nSPS) is 10.6. The van der Waals surface area contributed by atoms with Gasteiger partial charge in [0.05, 0.1) is 6.26 Å². The minimum Gasteiger partial charge on any atom is -0.463 e. The smallest absolute Gasteiger partial charge is 0.187 e. The van der Waals surface area contributed by atoms with E-state index in [-0.39, 0.29) is 0 Å². The standard InChI is InChI=1S/C14H12N2OS2/c1-18-11-5-2-4-10(8-11)15-14-16-12(9-19-14)13-6-3-7-17-13/h2-9H,1H3,(H,15,16). The molecule has 2 heterocycles. The third-order valence-electron chi connectivity index (χ3n) is 2.60. The molecule has 0 aliphatic rings. The maximum Gasteiger partial charge on any atom is 0.187 e. The Hall–Kier alpha value is -1.72. The van der Waals surface area contributed by atoms with Crippen molar-refractivity contribution in [3.8, 4) is 11.5 Å². The number of furan rings is 1. The number of rotatable bonds is 4. The fourth-order valence-electron chi connectivity index (χ4n) is 1.69. The van der Waals surface area contributed by atoms with Gasteiger partial charge in [-0.15, -0.1) is 23.1 Å². The second-order valence-corrected chi connectivity index (χ2v) is 5.61. The number of benzene rings is 1. The predicted molar refractivity (Wildman–Crippen MR) is 81.3 cm³/mol. The van der Waals surface area contributed by atoms with Gasteiger partial charge >= 0.3 is 0 Å². The topological polar surface area (TPSA) is 38.1 Å². The van der Waals surface area contributed by atoms with E-state index in [0.29, 0.717) is 0 Å². The van der Waals surface area contributed by atoms with Crippen molar-refractivity contribution in [1.29, 1.82) is 0 Å². The largest absolute Gasteiger partial charge is 0.463 e. The monoisotopic (exact) mass is 288 g/mol. The Morgan fingerprint density at radius 3 is 3.00 bits per heavy atom. The van der Waals surface area contributed by atoms with Crippen LogP contribution in [0, 0.1) is 0 Å². The highest BCUT2D eigenvalue weighted by molar-refractivity contribution is 7.98. The molecule has 0 fully saturated rings. The van der Waals surface area contributed by atoms with Gasteiger partial charge in [0, 0.05) is 16.0 Å². The lowest BCUT2D eigenvalue weighted by Gasteiger charge is -2.03. The van der Waals surface area contributed by atoms with Crippen molar-refractivity contribution in [2.24, 2.45) is 0 Å². The number of nitrogens with zero attached hydrogens (tertiary/aromatic N) is 1. The highest BCUT2D eigenvalue weighted by atomic mass is 32.2. The van der Waals surface area contributed by atoms with Gasteiger partial charge in [-0.3, -0.25) is 0 Å². The van der Waals surface area contributed by atoms with Gasteiger partial charge in [-0.25, -0.2) is 4.98 Å². The van der Waals surface area contributed by atoms with Gasteiger partial charge in [0.15, 0.2) is 10.9 Å². The molecular weight excluding hydrogens is 276 g/mol. The van der Waals surface area contributed by atoms with E-state index in [9.17, 15) is 0 Å². The molecule has 5 heteroatoms. The van der Waals surface area contributed by atoms with Gasteiger partial charge in [-0.05, 0) is 36.6 Å². The molecule has 0 unspecified atom stereocenters. The van der Waals surface area contributed by atoms with E-state index in [0.717, 1.165) is 22.3 Å². The summed E-state index contributed by atoms with van der Waals surface area (Å²) in [6.45, 7) is 0. The average molecular weight is 288 g/mol. The van der Waals surface area contributed by atoms with Crippen LogP contribution < -0.4 is 5.32 Å². The maximum absolute atomic E-state index is 5.33. The minimum absolute atomic E-state index is 0.794. The Kier molecular flexibility index (Phi) is 3.57. The molecule has 1 aromatic carbocycles. The molecule has 0 aliphatic heterocycles. The van der Waals surface area contributed by atoms with Crippen molar-refractivity contribution in [2.75, 3.05) is 11.6 Å². The van der Waals surface area contributed by atoms with E-state index in [1.807, 2.05) is 29.6 Å².